The number of urea groups is 1. The normalized spacial score (nSPS) is 21.6. The molecule has 0 spiro atoms. The summed E-state index contributed by atoms with van der Waals surface area (Å²) in [7, 11) is 0. The van der Waals surface area contributed by atoms with Gasteiger partial charge in [-0.2, -0.15) is 0 Å². The van der Waals surface area contributed by atoms with E-state index in [1.807, 2.05) is 0 Å². The molecule has 0 saturated carbocycles. The quantitative estimate of drug-likeness (QED) is 0.828. The molecule has 2 fully saturated rings. The van der Waals surface area contributed by atoms with Crippen LogP contribution in [0.25, 0.3) is 0 Å². The van der Waals surface area contributed by atoms with Crippen LogP contribution in [0.2, 0.25) is 0 Å². The summed E-state index contributed by atoms with van der Waals surface area (Å²) in [6.45, 7) is 6.53. The first kappa shape index (κ1) is 17.2. The third kappa shape index (κ3) is 5.47. The molecule has 2 saturated heterocycles. The van der Waals surface area contributed by atoms with Gasteiger partial charge in [-0.05, 0) is 24.0 Å². The number of hydrogen-bond acceptors (Lipinski definition) is 4. The highest BCUT2D eigenvalue weighted by Gasteiger charge is 2.16. The van der Waals surface area contributed by atoms with Gasteiger partial charge in [0.15, 0.2) is 0 Å². The van der Waals surface area contributed by atoms with Crippen molar-refractivity contribution >= 4 is 6.03 Å². The Morgan fingerprint density at radius 3 is 2.54 bits per heavy atom. The number of nitrogens with zero attached hydrogens (tertiary/aromatic N) is 1. The molecule has 1 aromatic rings. The predicted molar refractivity (Wildman–Crippen MR) is 91.8 cm³/mol. The van der Waals surface area contributed by atoms with Crippen LogP contribution in [0, 0.1) is 0 Å². The molecule has 0 bridgehead atoms. The van der Waals surface area contributed by atoms with Gasteiger partial charge >= 0.3 is 6.03 Å². The van der Waals surface area contributed by atoms with Crippen molar-refractivity contribution in [3.63, 3.8) is 0 Å². The molecule has 3 rings (SSSR count). The molecule has 2 amide bonds. The van der Waals surface area contributed by atoms with Crippen LogP contribution in [0.4, 0.5) is 4.79 Å². The Kier molecular flexibility index (Phi) is 6.46. The van der Waals surface area contributed by atoms with Crippen molar-refractivity contribution in [1.29, 1.82) is 0 Å². The number of rotatable bonds is 6. The van der Waals surface area contributed by atoms with Gasteiger partial charge in [0.05, 0.1) is 19.3 Å². The summed E-state index contributed by atoms with van der Waals surface area (Å²) in [6, 6.07) is 8.29. The van der Waals surface area contributed by atoms with E-state index in [2.05, 4.69) is 39.8 Å². The summed E-state index contributed by atoms with van der Waals surface area (Å²) in [5.74, 6) is 0. The Morgan fingerprint density at radius 2 is 1.83 bits per heavy atom. The fourth-order valence-corrected chi connectivity index (χ4v) is 3.04. The van der Waals surface area contributed by atoms with Crippen LogP contribution in [-0.2, 0) is 22.6 Å². The van der Waals surface area contributed by atoms with Crippen molar-refractivity contribution in [2.45, 2.75) is 32.0 Å². The maximum atomic E-state index is 11.8. The van der Waals surface area contributed by atoms with Crippen LogP contribution in [-0.4, -0.2) is 56.5 Å². The van der Waals surface area contributed by atoms with E-state index in [0.717, 1.165) is 57.9 Å². The van der Waals surface area contributed by atoms with Gasteiger partial charge in [-0.25, -0.2) is 4.79 Å². The second kappa shape index (κ2) is 9.01. The van der Waals surface area contributed by atoms with Gasteiger partial charge in [0.25, 0.3) is 0 Å². The summed E-state index contributed by atoms with van der Waals surface area (Å²) >= 11 is 0. The Labute approximate surface area is 143 Å². The van der Waals surface area contributed by atoms with Crippen LogP contribution in [0.5, 0.6) is 0 Å². The van der Waals surface area contributed by atoms with Crippen molar-refractivity contribution in [2.24, 2.45) is 0 Å². The summed E-state index contributed by atoms with van der Waals surface area (Å²) in [5.41, 5.74) is 2.40. The van der Waals surface area contributed by atoms with Crippen molar-refractivity contribution in [1.82, 2.24) is 15.5 Å². The van der Waals surface area contributed by atoms with Gasteiger partial charge in [-0.15, -0.1) is 0 Å². The predicted octanol–water partition coefficient (Wildman–Crippen LogP) is 1.50. The molecular weight excluding hydrogens is 306 g/mol. The van der Waals surface area contributed by atoms with E-state index in [0.29, 0.717) is 13.1 Å². The van der Waals surface area contributed by atoms with Gasteiger partial charge in [0.2, 0.25) is 0 Å². The molecule has 0 aliphatic carbocycles. The minimum Gasteiger partial charge on any atom is -0.379 e. The lowest BCUT2D eigenvalue weighted by molar-refractivity contribution is 0.0342. The smallest absolute Gasteiger partial charge is 0.315 e. The standard InChI is InChI=1S/C18H27N3O3/c22-18(20-13-17-2-1-9-24-17)19-12-15-3-5-16(6-4-15)14-21-7-10-23-11-8-21/h3-6,17H,1-2,7-14H2,(H2,19,20,22). The number of hydrogen-bond donors (Lipinski definition) is 2. The van der Waals surface area contributed by atoms with Gasteiger partial charge in [-0.3, -0.25) is 4.90 Å². The lowest BCUT2D eigenvalue weighted by atomic mass is 10.1. The molecule has 1 atom stereocenters. The number of benzene rings is 1. The zero-order valence-electron chi connectivity index (χ0n) is 14.1. The average Bonchev–Trinajstić information content (AvgIpc) is 3.14. The Balaban J connectivity index is 1.36. The second-order valence-corrected chi connectivity index (χ2v) is 6.40. The molecule has 1 aromatic carbocycles. The van der Waals surface area contributed by atoms with E-state index < -0.39 is 0 Å². The van der Waals surface area contributed by atoms with E-state index in [9.17, 15) is 4.79 Å². The van der Waals surface area contributed by atoms with Crippen molar-refractivity contribution in [3.8, 4) is 0 Å². The van der Waals surface area contributed by atoms with Crippen LogP contribution in [0.15, 0.2) is 24.3 Å². The van der Waals surface area contributed by atoms with Crippen LogP contribution in [0.3, 0.4) is 0 Å². The average molecular weight is 333 g/mol. The zero-order chi connectivity index (χ0) is 16.6. The lowest BCUT2D eigenvalue weighted by Crippen LogP contribution is -2.39. The first-order valence-corrected chi connectivity index (χ1v) is 8.81. The fourth-order valence-electron chi connectivity index (χ4n) is 3.04. The van der Waals surface area contributed by atoms with Crippen molar-refractivity contribution in [2.75, 3.05) is 39.5 Å². The molecule has 6 heteroatoms. The third-order valence-electron chi connectivity index (χ3n) is 4.50. The summed E-state index contributed by atoms with van der Waals surface area (Å²) < 4.78 is 10.9. The minimum atomic E-state index is -0.136. The molecule has 1 unspecified atom stereocenters. The minimum absolute atomic E-state index is 0.136. The first-order chi connectivity index (χ1) is 11.8. The van der Waals surface area contributed by atoms with Crippen LogP contribution in [0.1, 0.15) is 24.0 Å². The number of carbonyl (C=O) groups is 1. The molecular formula is C18H27N3O3. The zero-order valence-corrected chi connectivity index (χ0v) is 14.1. The molecule has 0 radical (unpaired) electrons. The Morgan fingerprint density at radius 1 is 1.08 bits per heavy atom. The Bertz CT molecular complexity index is 509. The maximum Gasteiger partial charge on any atom is 0.315 e. The Hall–Kier alpha value is -1.63. The summed E-state index contributed by atoms with van der Waals surface area (Å²) in [4.78, 5) is 14.2. The summed E-state index contributed by atoms with van der Waals surface area (Å²) in [5, 5.41) is 5.76. The van der Waals surface area contributed by atoms with Gasteiger partial charge in [0, 0.05) is 39.3 Å². The van der Waals surface area contributed by atoms with E-state index in [4.69, 9.17) is 9.47 Å². The van der Waals surface area contributed by atoms with Gasteiger partial charge in [-0.1, -0.05) is 24.3 Å². The topological polar surface area (TPSA) is 62.8 Å². The van der Waals surface area contributed by atoms with Crippen molar-refractivity contribution in [3.05, 3.63) is 35.4 Å². The third-order valence-corrected chi connectivity index (χ3v) is 4.50. The molecule has 132 valence electrons. The highest BCUT2D eigenvalue weighted by atomic mass is 16.5. The van der Waals surface area contributed by atoms with Crippen LogP contribution < -0.4 is 10.6 Å². The van der Waals surface area contributed by atoms with Crippen LogP contribution >= 0.6 is 0 Å². The highest BCUT2D eigenvalue weighted by molar-refractivity contribution is 5.73. The fraction of sp³-hybridized carbons (Fsp3) is 0.611. The molecule has 2 aliphatic heterocycles. The van der Waals surface area contributed by atoms with E-state index in [1.165, 1.54) is 5.56 Å². The first-order valence-electron chi connectivity index (χ1n) is 8.81. The monoisotopic (exact) mass is 333 g/mol. The SMILES string of the molecule is O=C(NCc1ccc(CN2CCOCC2)cc1)NCC1CCCO1. The molecule has 2 aliphatic rings. The molecule has 6 nitrogen and oxygen atoms in total. The number of morpholine rings is 1. The van der Waals surface area contributed by atoms with E-state index in [1.54, 1.807) is 0 Å². The van der Waals surface area contributed by atoms with Gasteiger partial charge in [0.1, 0.15) is 0 Å². The second-order valence-electron chi connectivity index (χ2n) is 6.40. The molecule has 0 aromatic heterocycles. The maximum absolute atomic E-state index is 11.8. The van der Waals surface area contributed by atoms with E-state index in [-0.39, 0.29) is 12.1 Å². The highest BCUT2D eigenvalue weighted by Crippen LogP contribution is 2.11. The van der Waals surface area contributed by atoms with E-state index >= 15 is 0 Å². The van der Waals surface area contributed by atoms with Gasteiger partial charge < -0.3 is 20.1 Å². The number of amides is 2. The molecule has 2 heterocycles. The lowest BCUT2D eigenvalue weighted by Gasteiger charge is -2.26. The number of nitrogens with one attached hydrogen (secondary N) is 2. The van der Waals surface area contributed by atoms with Crippen molar-refractivity contribution < 1.29 is 14.3 Å². The number of carbonyl (C=O) groups excluding carboxylic acids is 1. The molecule has 2 N–H and O–H groups in total. The molecule has 24 heavy (non-hydrogen) atoms. The number of ether oxygens (including phenoxy) is 2. The largest absolute Gasteiger partial charge is 0.379 e. The summed E-state index contributed by atoms with van der Waals surface area (Å²) in [6.07, 6.45) is 2.30.